The van der Waals surface area contributed by atoms with Crippen molar-refractivity contribution in [2.45, 2.75) is 285 Å². The maximum Gasteiger partial charge on any atom is 0.220 e. The summed E-state index contributed by atoms with van der Waals surface area (Å²) in [6.45, 7) is 1.55. The zero-order valence-corrected chi connectivity index (χ0v) is 47.6. The summed E-state index contributed by atoms with van der Waals surface area (Å²) in [7, 11) is 0. The third kappa shape index (κ3) is 27.2. The highest BCUT2D eigenvalue weighted by molar-refractivity contribution is 5.76. The Kier molecular flexibility index (Phi) is 38.7. The van der Waals surface area contributed by atoms with Gasteiger partial charge >= 0.3 is 0 Å². The van der Waals surface area contributed by atoms with Crippen LogP contribution in [0, 0.1) is 0 Å². The lowest BCUT2D eigenvalue weighted by atomic mass is 9.96. The van der Waals surface area contributed by atoms with E-state index in [1.807, 2.05) is 0 Å². The topological polar surface area (TPSA) is 307 Å². The maximum atomic E-state index is 13.2. The standard InChI is InChI=1S/C60H105NO18/c1-3-5-7-9-10-11-12-13-14-15-16-17-18-19-20-21-22-23-24-25-26-27-28-29-30-31-32-34-36-38-48(66)61-43(44(65)37-35-33-8-6-4-2)42-74-58-54(72)51(69)56(46(40-63)76-58)79-60-55(73)52(70)57(47(41-64)77-60)78-59-53(71)50(68)49(67)45(39-62)75-59/h5,7,10-11,13-14,16-17,19-20,43-47,49-60,62-65,67-73H,3-4,6,8-9,12,15,18,21-42H2,1-2H3,(H,61,66)/b7-5-,11-10-,14-13-,17-16-,20-19-. The van der Waals surface area contributed by atoms with E-state index in [1.165, 1.54) is 57.8 Å². The number of carbonyl (C=O) groups excluding carboxylic acids is 1. The molecule has 1 amide bonds. The Morgan fingerprint density at radius 3 is 1.37 bits per heavy atom. The van der Waals surface area contributed by atoms with E-state index in [0.717, 1.165) is 89.9 Å². The first-order valence-corrected chi connectivity index (χ1v) is 30.0. The minimum atomic E-state index is -1.97. The van der Waals surface area contributed by atoms with Crippen LogP contribution in [0.15, 0.2) is 60.8 Å². The molecule has 3 saturated heterocycles. The van der Waals surface area contributed by atoms with Gasteiger partial charge in [0.15, 0.2) is 18.9 Å². The number of nitrogens with one attached hydrogen (secondary N) is 1. The summed E-state index contributed by atoms with van der Waals surface area (Å²) in [6, 6.07) is -0.886. The number of unbranched alkanes of at least 4 members (excludes halogenated alkanes) is 17. The van der Waals surface area contributed by atoms with Crippen LogP contribution in [0.25, 0.3) is 0 Å². The number of ether oxygens (including phenoxy) is 6. The molecular formula is C60H105NO18. The average Bonchev–Trinajstić information content (AvgIpc) is 3.48. The van der Waals surface area contributed by atoms with E-state index in [4.69, 9.17) is 28.4 Å². The molecule has 19 heteroatoms. The van der Waals surface area contributed by atoms with Crippen LogP contribution in [0.2, 0.25) is 0 Å². The van der Waals surface area contributed by atoms with Crippen molar-refractivity contribution in [1.29, 1.82) is 0 Å². The molecule has 458 valence electrons. The lowest BCUT2D eigenvalue weighted by Gasteiger charge is -2.48. The first kappa shape index (κ1) is 70.8. The molecule has 3 rings (SSSR count). The fourth-order valence-electron chi connectivity index (χ4n) is 9.93. The van der Waals surface area contributed by atoms with Gasteiger partial charge in [0.1, 0.15) is 73.2 Å². The summed E-state index contributed by atoms with van der Waals surface area (Å²) >= 11 is 0. The molecule has 17 unspecified atom stereocenters. The Hall–Kier alpha value is -2.51. The van der Waals surface area contributed by atoms with Crippen LogP contribution in [0.1, 0.15) is 181 Å². The van der Waals surface area contributed by atoms with Crippen molar-refractivity contribution in [3.8, 4) is 0 Å². The molecule has 3 aliphatic rings. The summed E-state index contributed by atoms with van der Waals surface area (Å²) < 4.78 is 34.1. The smallest absolute Gasteiger partial charge is 0.220 e. The Morgan fingerprint density at radius 2 is 0.873 bits per heavy atom. The number of aliphatic hydroxyl groups is 11. The van der Waals surface area contributed by atoms with E-state index in [0.29, 0.717) is 12.8 Å². The van der Waals surface area contributed by atoms with Crippen molar-refractivity contribution in [1.82, 2.24) is 5.32 Å². The minimum absolute atomic E-state index is 0.255. The first-order valence-electron chi connectivity index (χ1n) is 30.0. The number of rotatable bonds is 43. The molecule has 0 radical (unpaired) electrons. The number of carbonyl (C=O) groups is 1. The monoisotopic (exact) mass is 1130 g/mol. The third-order valence-electron chi connectivity index (χ3n) is 14.9. The zero-order valence-electron chi connectivity index (χ0n) is 47.6. The van der Waals surface area contributed by atoms with Crippen molar-refractivity contribution < 1.29 is 89.4 Å². The van der Waals surface area contributed by atoms with E-state index in [9.17, 15) is 61.0 Å². The average molecular weight is 1130 g/mol. The van der Waals surface area contributed by atoms with Gasteiger partial charge in [0.2, 0.25) is 5.91 Å². The molecule has 17 atom stereocenters. The van der Waals surface area contributed by atoms with Crippen molar-refractivity contribution >= 4 is 5.91 Å². The van der Waals surface area contributed by atoms with E-state index < -0.39 is 124 Å². The van der Waals surface area contributed by atoms with Gasteiger partial charge in [-0.2, -0.15) is 0 Å². The van der Waals surface area contributed by atoms with Gasteiger partial charge in [-0.25, -0.2) is 0 Å². The van der Waals surface area contributed by atoms with Crippen LogP contribution in [0.4, 0.5) is 0 Å². The van der Waals surface area contributed by atoms with E-state index in [-0.39, 0.29) is 18.9 Å². The fraction of sp³-hybridized carbons (Fsp3) is 0.817. The second-order valence-electron chi connectivity index (χ2n) is 21.4. The number of allylic oxidation sites excluding steroid dienone is 10. The van der Waals surface area contributed by atoms with E-state index in [2.05, 4.69) is 79.9 Å². The van der Waals surface area contributed by atoms with E-state index in [1.54, 1.807) is 0 Å². The van der Waals surface area contributed by atoms with Gasteiger partial charge in [0.05, 0.1) is 38.6 Å². The molecule has 0 aliphatic carbocycles. The van der Waals surface area contributed by atoms with Gasteiger partial charge in [0.25, 0.3) is 0 Å². The molecule has 19 nitrogen and oxygen atoms in total. The molecule has 3 fully saturated rings. The second kappa shape index (κ2) is 43.2. The molecule has 79 heavy (non-hydrogen) atoms. The van der Waals surface area contributed by atoms with Gasteiger partial charge in [-0.15, -0.1) is 0 Å². The third-order valence-corrected chi connectivity index (χ3v) is 14.9. The SMILES string of the molecule is CC/C=C\C/C=C\C/C=C\C/C=C\C/C=C\CCCCCCCCCCCCCCCC(=O)NC(COC1OC(CO)C(OC2OC(CO)C(OC3OC(CO)C(O)C(O)C3O)C(O)C2O)C(O)C1O)C(O)CCCCCCC. The quantitative estimate of drug-likeness (QED) is 0.0274. The van der Waals surface area contributed by atoms with Gasteiger partial charge in [-0.05, 0) is 57.8 Å². The Bertz CT molecular complexity index is 1680. The number of aliphatic hydroxyl groups excluding tert-OH is 11. The van der Waals surface area contributed by atoms with Gasteiger partial charge in [0, 0.05) is 6.42 Å². The number of hydrogen-bond donors (Lipinski definition) is 12. The number of amides is 1. The van der Waals surface area contributed by atoms with Crippen LogP contribution in [0.5, 0.6) is 0 Å². The summed E-state index contributed by atoms with van der Waals surface area (Å²) in [5.74, 6) is -0.255. The van der Waals surface area contributed by atoms with Crippen LogP contribution in [-0.2, 0) is 33.2 Å². The summed E-state index contributed by atoms with van der Waals surface area (Å²) in [5.41, 5.74) is 0. The van der Waals surface area contributed by atoms with Crippen LogP contribution < -0.4 is 5.32 Å². The maximum absolute atomic E-state index is 13.2. The Labute approximate surface area is 471 Å². The molecule has 0 aromatic rings. The van der Waals surface area contributed by atoms with Gasteiger partial charge in [-0.1, -0.05) is 177 Å². The van der Waals surface area contributed by atoms with Crippen molar-refractivity contribution in [3.63, 3.8) is 0 Å². The molecule has 12 N–H and O–H groups in total. The minimum Gasteiger partial charge on any atom is -0.394 e. The molecule has 0 aromatic heterocycles. The lowest BCUT2D eigenvalue weighted by Crippen LogP contribution is -2.66. The lowest BCUT2D eigenvalue weighted by molar-refractivity contribution is -0.379. The Balaban J connectivity index is 1.34. The summed E-state index contributed by atoms with van der Waals surface area (Å²) in [4.78, 5) is 13.2. The van der Waals surface area contributed by atoms with Crippen LogP contribution in [0.3, 0.4) is 0 Å². The first-order chi connectivity index (χ1) is 38.3. The molecule has 0 saturated carbocycles. The predicted molar refractivity (Wildman–Crippen MR) is 300 cm³/mol. The van der Waals surface area contributed by atoms with Crippen molar-refractivity contribution in [2.24, 2.45) is 0 Å². The van der Waals surface area contributed by atoms with Crippen LogP contribution in [-0.4, -0.2) is 193 Å². The van der Waals surface area contributed by atoms with Gasteiger partial charge < -0.3 is 89.9 Å². The van der Waals surface area contributed by atoms with E-state index >= 15 is 0 Å². The molecule has 0 spiro atoms. The predicted octanol–water partition coefficient (Wildman–Crippen LogP) is 5.26. The molecule has 0 aromatic carbocycles. The van der Waals surface area contributed by atoms with Gasteiger partial charge in [-0.3, -0.25) is 4.79 Å². The van der Waals surface area contributed by atoms with Crippen molar-refractivity contribution in [3.05, 3.63) is 60.8 Å². The molecule has 0 bridgehead atoms. The number of hydrogen-bond acceptors (Lipinski definition) is 18. The fourth-order valence-corrected chi connectivity index (χ4v) is 9.93. The zero-order chi connectivity index (χ0) is 57.6. The largest absolute Gasteiger partial charge is 0.394 e. The summed E-state index contributed by atoms with van der Waals surface area (Å²) in [6.07, 6.45) is 22.5. The normalized spacial score (nSPS) is 30.7. The molecular weight excluding hydrogens is 1020 g/mol. The highest BCUT2D eigenvalue weighted by Crippen LogP contribution is 2.33. The second-order valence-corrected chi connectivity index (χ2v) is 21.4. The molecule has 3 heterocycles. The van der Waals surface area contributed by atoms with Crippen LogP contribution >= 0.6 is 0 Å². The highest BCUT2D eigenvalue weighted by Gasteiger charge is 2.53. The summed E-state index contributed by atoms with van der Waals surface area (Å²) in [5, 5.41) is 120. The molecule has 3 aliphatic heterocycles. The Morgan fingerprint density at radius 1 is 0.468 bits per heavy atom. The van der Waals surface area contributed by atoms with Crippen molar-refractivity contribution in [2.75, 3.05) is 26.4 Å². The highest BCUT2D eigenvalue weighted by atomic mass is 16.8.